The molecule has 7 heteroatoms. The second-order valence-electron chi connectivity index (χ2n) is 7.91. The van der Waals surface area contributed by atoms with Crippen LogP contribution in [-0.2, 0) is 11.8 Å². The molecule has 1 N–H and O–H groups in total. The van der Waals surface area contributed by atoms with Gasteiger partial charge in [-0.25, -0.2) is 4.98 Å². The van der Waals surface area contributed by atoms with E-state index in [9.17, 15) is 0 Å². The molecule has 0 aliphatic carbocycles. The summed E-state index contributed by atoms with van der Waals surface area (Å²) in [5.74, 6) is 0.996. The fraction of sp³-hybridized carbons (Fsp3) is 0.524. The molecule has 1 aromatic carbocycles. The van der Waals surface area contributed by atoms with Crippen LogP contribution in [0.15, 0.2) is 40.7 Å². The van der Waals surface area contributed by atoms with Crippen molar-refractivity contribution >= 4 is 47.0 Å². The summed E-state index contributed by atoms with van der Waals surface area (Å²) < 4.78 is 0. The summed E-state index contributed by atoms with van der Waals surface area (Å²) in [6.45, 7) is 11.5. The van der Waals surface area contributed by atoms with Crippen LogP contribution in [0, 0.1) is 0 Å². The van der Waals surface area contributed by atoms with Crippen molar-refractivity contribution in [2.24, 2.45) is 4.99 Å². The van der Waals surface area contributed by atoms with Crippen LogP contribution in [0.3, 0.4) is 0 Å². The van der Waals surface area contributed by atoms with Gasteiger partial charge in [-0.1, -0.05) is 39.0 Å². The lowest BCUT2D eigenvalue weighted by Crippen LogP contribution is -2.52. The van der Waals surface area contributed by atoms with Crippen LogP contribution < -0.4 is 10.2 Å². The molecule has 154 valence electrons. The van der Waals surface area contributed by atoms with Crippen molar-refractivity contribution in [2.45, 2.75) is 32.6 Å². The third-order valence-electron chi connectivity index (χ3n) is 4.85. The van der Waals surface area contributed by atoms with Crippen LogP contribution in [0.1, 0.15) is 31.5 Å². The monoisotopic (exact) mass is 513 g/mol. The van der Waals surface area contributed by atoms with Gasteiger partial charge in [-0.2, -0.15) is 0 Å². The minimum atomic E-state index is 0. The first-order valence-corrected chi connectivity index (χ1v) is 10.6. The number of thiazole rings is 1. The molecule has 1 aliphatic heterocycles. The van der Waals surface area contributed by atoms with E-state index in [2.05, 4.69) is 76.6 Å². The van der Waals surface area contributed by atoms with E-state index in [4.69, 9.17) is 4.98 Å². The van der Waals surface area contributed by atoms with E-state index in [-0.39, 0.29) is 29.4 Å². The smallest absolute Gasteiger partial charge is 0.193 e. The van der Waals surface area contributed by atoms with Crippen molar-refractivity contribution in [2.75, 3.05) is 44.7 Å². The van der Waals surface area contributed by atoms with Gasteiger partial charge in [0.05, 0.1) is 10.7 Å². The van der Waals surface area contributed by atoms with Crippen molar-refractivity contribution in [1.82, 2.24) is 15.2 Å². The quantitative estimate of drug-likeness (QED) is 0.382. The Hall–Kier alpha value is -1.35. The zero-order chi connectivity index (χ0) is 19.3. The first-order chi connectivity index (χ1) is 13.0. The second kappa shape index (κ2) is 10.4. The molecule has 0 atom stereocenters. The standard InChI is InChI=1S/C21H31N5S.HI/c1-21(2,3)18-16-27-19(24-18)10-11-23-20(22-4)26-14-12-25(13-15-26)17-8-6-5-7-9-17;/h5-9,16H,10-15H2,1-4H3,(H,22,23);1H. The maximum atomic E-state index is 4.78. The van der Waals surface area contributed by atoms with Crippen LogP contribution in [0.4, 0.5) is 5.69 Å². The van der Waals surface area contributed by atoms with E-state index in [0.717, 1.165) is 45.1 Å². The first-order valence-electron chi connectivity index (χ1n) is 9.68. The van der Waals surface area contributed by atoms with Gasteiger partial charge in [-0.15, -0.1) is 35.3 Å². The van der Waals surface area contributed by atoms with Crippen molar-refractivity contribution in [1.29, 1.82) is 0 Å². The van der Waals surface area contributed by atoms with Crippen LogP contribution in [0.25, 0.3) is 0 Å². The molecule has 0 unspecified atom stereocenters. The number of aromatic nitrogens is 1. The predicted molar refractivity (Wildman–Crippen MR) is 132 cm³/mol. The molecule has 2 aromatic rings. The van der Waals surface area contributed by atoms with Gasteiger partial charge < -0.3 is 15.1 Å². The molecule has 0 spiro atoms. The highest BCUT2D eigenvalue weighted by Crippen LogP contribution is 2.24. The molecule has 0 radical (unpaired) electrons. The molecule has 1 fully saturated rings. The molecule has 1 aliphatic rings. The zero-order valence-corrected chi connectivity index (χ0v) is 20.5. The number of hydrogen-bond donors (Lipinski definition) is 1. The third kappa shape index (κ3) is 6.07. The van der Waals surface area contributed by atoms with Crippen LogP contribution >= 0.6 is 35.3 Å². The molecule has 0 amide bonds. The highest BCUT2D eigenvalue weighted by atomic mass is 127. The van der Waals surface area contributed by atoms with Gasteiger partial charge >= 0.3 is 0 Å². The average Bonchev–Trinajstić information content (AvgIpc) is 3.16. The van der Waals surface area contributed by atoms with Crippen molar-refractivity contribution in [3.63, 3.8) is 0 Å². The highest BCUT2D eigenvalue weighted by molar-refractivity contribution is 14.0. The molecule has 0 saturated carbocycles. The maximum Gasteiger partial charge on any atom is 0.193 e. The summed E-state index contributed by atoms with van der Waals surface area (Å²) in [6, 6.07) is 10.6. The Morgan fingerprint density at radius 3 is 2.39 bits per heavy atom. The van der Waals surface area contributed by atoms with E-state index in [1.165, 1.54) is 16.4 Å². The van der Waals surface area contributed by atoms with Crippen LogP contribution in [-0.4, -0.2) is 55.6 Å². The number of nitrogens with one attached hydrogen (secondary N) is 1. The second-order valence-corrected chi connectivity index (χ2v) is 8.85. The summed E-state index contributed by atoms with van der Waals surface area (Å²) in [5.41, 5.74) is 2.61. The summed E-state index contributed by atoms with van der Waals surface area (Å²) >= 11 is 1.76. The maximum absolute atomic E-state index is 4.78. The van der Waals surface area contributed by atoms with E-state index in [0.29, 0.717) is 0 Å². The fourth-order valence-corrected chi connectivity index (χ4v) is 4.22. The summed E-state index contributed by atoms with van der Waals surface area (Å²) in [4.78, 5) is 14.0. The summed E-state index contributed by atoms with van der Waals surface area (Å²) in [6.07, 6.45) is 0.934. The predicted octanol–water partition coefficient (Wildman–Crippen LogP) is 4.00. The molecule has 5 nitrogen and oxygen atoms in total. The third-order valence-corrected chi connectivity index (χ3v) is 5.76. The number of rotatable bonds is 4. The number of guanidine groups is 1. The summed E-state index contributed by atoms with van der Waals surface area (Å²) in [7, 11) is 1.87. The van der Waals surface area contributed by atoms with Gasteiger partial charge in [0.2, 0.25) is 0 Å². The normalized spacial score (nSPS) is 15.4. The molecule has 2 heterocycles. The topological polar surface area (TPSA) is 43.8 Å². The van der Waals surface area contributed by atoms with E-state index in [1.54, 1.807) is 11.3 Å². The summed E-state index contributed by atoms with van der Waals surface area (Å²) in [5, 5.41) is 6.89. The SMILES string of the molecule is CN=C(NCCc1nc(C(C)(C)C)cs1)N1CCN(c2ccccc2)CC1.I. The number of nitrogens with zero attached hydrogens (tertiary/aromatic N) is 4. The number of anilines is 1. The Labute approximate surface area is 190 Å². The Morgan fingerprint density at radius 2 is 1.82 bits per heavy atom. The average molecular weight is 513 g/mol. The van der Waals surface area contributed by atoms with Crippen molar-refractivity contribution < 1.29 is 0 Å². The van der Waals surface area contributed by atoms with E-state index >= 15 is 0 Å². The van der Waals surface area contributed by atoms with E-state index < -0.39 is 0 Å². The number of benzene rings is 1. The van der Waals surface area contributed by atoms with Crippen LogP contribution in [0.2, 0.25) is 0 Å². The Morgan fingerprint density at radius 1 is 1.14 bits per heavy atom. The lowest BCUT2D eigenvalue weighted by molar-refractivity contribution is 0.373. The molecule has 28 heavy (non-hydrogen) atoms. The van der Waals surface area contributed by atoms with E-state index in [1.807, 2.05) is 7.05 Å². The van der Waals surface area contributed by atoms with Crippen molar-refractivity contribution in [3.8, 4) is 0 Å². The van der Waals surface area contributed by atoms with Gasteiger partial charge in [0.25, 0.3) is 0 Å². The highest BCUT2D eigenvalue weighted by Gasteiger charge is 2.20. The molecule has 1 aromatic heterocycles. The van der Waals surface area contributed by atoms with Gasteiger partial charge in [-0.3, -0.25) is 4.99 Å². The zero-order valence-electron chi connectivity index (χ0n) is 17.3. The minimum absolute atomic E-state index is 0. The molecule has 3 rings (SSSR count). The molecule has 1 saturated heterocycles. The van der Waals surface area contributed by atoms with Gasteiger partial charge in [0, 0.05) is 62.7 Å². The number of aliphatic imine (C=N–C) groups is 1. The van der Waals surface area contributed by atoms with Gasteiger partial charge in [0.1, 0.15) is 0 Å². The van der Waals surface area contributed by atoms with Gasteiger partial charge in [0.15, 0.2) is 5.96 Å². The molecule has 0 bridgehead atoms. The minimum Gasteiger partial charge on any atom is -0.368 e. The lowest BCUT2D eigenvalue weighted by Gasteiger charge is -2.37. The number of piperazine rings is 1. The van der Waals surface area contributed by atoms with Crippen molar-refractivity contribution in [3.05, 3.63) is 46.4 Å². The fourth-order valence-electron chi connectivity index (χ4n) is 3.20. The Kier molecular flexibility index (Phi) is 8.55. The first kappa shape index (κ1) is 22.9. The van der Waals surface area contributed by atoms with Gasteiger partial charge in [-0.05, 0) is 12.1 Å². The molecular formula is C21H32IN5S. The Bertz CT molecular complexity index is 746. The number of hydrogen-bond acceptors (Lipinski definition) is 4. The lowest BCUT2D eigenvalue weighted by atomic mass is 9.93. The molecular weight excluding hydrogens is 481 g/mol. The number of para-hydroxylation sites is 1. The van der Waals surface area contributed by atoms with Crippen LogP contribution in [0.5, 0.6) is 0 Å². The number of halogens is 1. The Balaban J connectivity index is 0.00000280. The largest absolute Gasteiger partial charge is 0.368 e.